The second kappa shape index (κ2) is 8.52. The molecule has 0 aliphatic heterocycles. The van der Waals surface area contributed by atoms with Gasteiger partial charge in [-0.15, -0.1) is 13.2 Å². The van der Waals surface area contributed by atoms with E-state index in [2.05, 4.69) is 25.3 Å². The fourth-order valence-electron chi connectivity index (χ4n) is 2.57. The van der Waals surface area contributed by atoms with Gasteiger partial charge in [0.25, 0.3) is 0 Å². The number of halogens is 5. The summed E-state index contributed by atoms with van der Waals surface area (Å²) in [5.74, 6) is -1.48. The summed E-state index contributed by atoms with van der Waals surface area (Å²) in [6.07, 6.45) is -4.84. The Bertz CT molecular complexity index is 1040. The molecule has 0 aliphatic carbocycles. The molecular formula is C20H17F5N4O. The topological polar surface area (TPSA) is 59.1 Å². The van der Waals surface area contributed by atoms with Crippen molar-refractivity contribution in [2.24, 2.45) is 0 Å². The minimum Gasteiger partial charge on any atom is -0.406 e. The van der Waals surface area contributed by atoms with E-state index in [1.807, 2.05) is 13.8 Å². The predicted octanol–water partition coefficient (Wildman–Crippen LogP) is 5.88. The first-order chi connectivity index (χ1) is 14.1. The number of benzene rings is 2. The zero-order valence-electron chi connectivity index (χ0n) is 15.9. The van der Waals surface area contributed by atoms with Crippen LogP contribution in [0.15, 0.2) is 48.5 Å². The third kappa shape index (κ3) is 5.79. The molecule has 0 saturated heterocycles. The number of hydrogen-bond donors (Lipinski definition) is 2. The largest absolute Gasteiger partial charge is 0.573 e. The number of nitrogens with one attached hydrogen (secondary N) is 2. The molecule has 0 spiro atoms. The van der Waals surface area contributed by atoms with Crippen LogP contribution in [0.2, 0.25) is 0 Å². The van der Waals surface area contributed by atoms with Crippen molar-refractivity contribution in [3.8, 4) is 17.0 Å². The standard InChI is InChI=1S/C20H17F5N4O/c1-11(2)26-19-28-16(12-4-3-5-14(8-12)30-20(23,24)25)10-18(29-19)27-17-9-13(21)6-7-15(17)22/h3-11H,1-2H3,(H2,26,27,28,29). The van der Waals surface area contributed by atoms with Gasteiger partial charge in [0, 0.05) is 23.7 Å². The second-order valence-electron chi connectivity index (χ2n) is 6.59. The third-order valence-corrected chi connectivity index (χ3v) is 3.70. The van der Waals surface area contributed by atoms with Crippen molar-refractivity contribution in [3.63, 3.8) is 0 Å². The maximum atomic E-state index is 14.0. The van der Waals surface area contributed by atoms with Gasteiger partial charge in [0.1, 0.15) is 23.2 Å². The fraction of sp³-hybridized carbons (Fsp3) is 0.200. The van der Waals surface area contributed by atoms with Crippen molar-refractivity contribution in [2.45, 2.75) is 26.3 Å². The lowest BCUT2D eigenvalue weighted by molar-refractivity contribution is -0.274. The summed E-state index contributed by atoms with van der Waals surface area (Å²) in [5, 5.41) is 5.65. The van der Waals surface area contributed by atoms with Gasteiger partial charge in [0.2, 0.25) is 5.95 Å². The Morgan fingerprint density at radius 3 is 2.43 bits per heavy atom. The Balaban J connectivity index is 2.01. The van der Waals surface area contributed by atoms with Gasteiger partial charge in [-0.3, -0.25) is 0 Å². The van der Waals surface area contributed by atoms with Crippen molar-refractivity contribution in [1.29, 1.82) is 0 Å². The van der Waals surface area contributed by atoms with Gasteiger partial charge in [-0.2, -0.15) is 4.98 Å². The van der Waals surface area contributed by atoms with Crippen LogP contribution in [0.5, 0.6) is 5.75 Å². The van der Waals surface area contributed by atoms with E-state index in [1.165, 1.54) is 24.3 Å². The molecule has 0 radical (unpaired) electrons. The highest BCUT2D eigenvalue weighted by molar-refractivity contribution is 5.68. The van der Waals surface area contributed by atoms with Crippen LogP contribution < -0.4 is 15.4 Å². The van der Waals surface area contributed by atoms with Gasteiger partial charge in [-0.05, 0) is 38.1 Å². The van der Waals surface area contributed by atoms with Gasteiger partial charge >= 0.3 is 6.36 Å². The van der Waals surface area contributed by atoms with Gasteiger partial charge in [-0.25, -0.2) is 13.8 Å². The zero-order valence-corrected chi connectivity index (χ0v) is 15.9. The lowest BCUT2D eigenvalue weighted by Gasteiger charge is -2.14. The number of ether oxygens (including phenoxy) is 1. The zero-order chi connectivity index (χ0) is 21.9. The summed E-state index contributed by atoms with van der Waals surface area (Å²) in [7, 11) is 0. The maximum Gasteiger partial charge on any atom is 0.573 e. The number of nitrogens with zero attached hydrogens (tertiary/aromatic N) is 2. The lowest BCUT2D eigenvalue weighted by Crippen LogP contribution is -2.17. The van der Waals surface area contributed by atoms with Gasteiger partial charge in [0.15, 0.2) is 0 Å². The van der Waals surface area contributed by atoms with E-state index in [1.54, 1.807) is 0 Å². The minimum absolute atomic E-state index is 0.0566. The Morgan fingerprint density at radius 1 is 0.967 bits per heavy atom. The molecule has 0 unspecified atom stereocenters. The summed E-state index contributed by atoms with van der Waals surface area (Å²) >= 11 is 0. The Hall–Kier alpha value is -3.43. The molecule has 2 N–H and O–H groups in total. The highest BCUT2D eigenvalue weighted by Crippen LogP contribution is 2.30. The summed E-state index contributed by atoms with van der Waals surface area (Å²) < 4.78 is 69.0. The van der Waals surface area contributed by atoms with Gasteiger partial charge < -0.3 is 15.4 Å². The molecule has 2 aromatic carbocycles. The van der Waals surface area contributed by atoms with Crippen molar-refractivity contribution in [1.82, 2.24) is 9.97 Å². The first-order valence-corrected chi connectivity index (χ1v) is 8.83. The van der Waals surface area contributed by atoms with Crippen LogP contribution in [0.4, 0.5) is 39.4 Å². The van der Waals surface area contributed by atoms with Crippen molar-refractivity contribution in [3.05, 3.63) is 60.2 Å². The van der Waals surface area contributed by atoms with E-state index < -0.39 is 23.7 Å². The lowest BCUT2D eigenvalue weighted by atomic mass is 10.1. The molecule has 0 aliphatic rings. The molecule has 0 bridgehead atoms. The molecule has 10 heteroatoms. The Morgan fingerprint density at radius 2 is 1.73 bits per heavy atom. The molecule has 1 heterocycles. The number of aromatic nitrogens is 2. The molecular weight excluding hydrogens is 407 g/mol. The maximum absolute atomic E-state index is 14.0. The van der Waals surface area contributed by atoms with Crippen LogP contribution in [-0.4, -0.2) is 22.4 Å². The SMILES string of the molecule is CC(C)Nc1nc(Nc2cc(F)ccc2F)cc(-c2cccc(OC(F)(F)F)c2)n1. The quantitative estimate of drug-likeness (QED) is 0.484. The van der Waals surface area contributed by atoms with Crippen LogP contribution >= 0.6 is 0 Å². The highest BCUT2D eigenvalue weighted by atomic mass is 19.4. The fourth-order valence-corrected chi connectivity index (χ4v) is 2.57. The van der Waals surface area contributed by atoms with Crippen molar-refractivity contribution < 1.29 is 26.7 Å². The molecule has 0 amide bonds. The average molecular weight is 424 g/mol. The highest BCUT2D eigenvalue weighted by Gasteiger charge is 2.31. The van der Waals surface area contributed by atoms with E-state index in [9.17, 15) is 22.0 Å². The average Bonchev–Trinajstić information content (AvgIpc) is 2.63. The summed E-state index contributed by atoms with van der Waals surface area (Å²) in [5.41, 5.74) is 0.415. The molecule has 0 saturated carbocycles. The van der Waals surface area contributed by atoms with Crippen LogP contribution in [0.1, 0.15) is 13.8 Å². The summed E-state index contributed by atoms with van der Waals surface area (Å²) in [6, 6.07) is 9.50. The normalized spacial score (nSPS) is 11.5. The van der Waals surface area contributed by atoms with E-state index >= 15 is 0 Å². The summed E-state index contributed by atoms with van der Waals surface area (Å²) in [4.78, 5) is 8.51. The van der Waals surface area contributed by atoms with Gasteiger partial charge in [-0.1, -0.05) is 12.1 Å². The molecule has 30 heavy (non-hydrogen) atoms. The Kier molecular flexibility index (Phi) is 6.04. The first kappa shape index (κ1) is 21.3. The smallest absolute Gasteiger partial charge is 0.406 e. The van der Waals surface area contributed by atoms with E-state index in [-0.39, 0.29) is 29.2 Å². The van der Waals surface area contributed by atoms with E-state index in [0.29, 0.717) is 5.56 Å². The third-order valence-electron chi connectivity index (χ3n) is 3.70. The number of rotatable bonds is 6. The predicted molar refractivity (Wildman–Crippen MR) is 103 cm³/mol. The Labute approximate surface area is 168 Å². The van der Waals surface area contributed by atoms with E-state index in [4.69, 9.17) is 0 Å². The molecule has 3 aromatic rings. The van der Waals surface area contributed by atoms with Gasteiger partial charge in [0.05, 0.1) is 11.4 Å². The number of anilines is 3. The van der Waals surface area contributed by atoms with Crippen molar-refractivity contribution >= 4 is 17.5 Å². The molecule has 158 valence electrons. The number of alkyl halides is 3. The molecule has 1 aromatic heterocycles. The van der Waals surface area contributed by atoms with Crippen LogP contribution in [-0.2, 0) is 0 Å². The summed E-state index contributed by atoms with van der Waals surface area (Å²) in [6.45, 7) is 3.68. The van der Waals surface area contributed by atoms with Crippen LogP contribution in [0.3, 0.4) is 0 Å². The number of hydrogen-bond acceptors (Lipinski definition) is 5. The second-order valence-corrected chi connectivity index (χ2v) is 6.59. The molecule has 0 atom stereocenters. The van der Waals surface area contributed by atoms with E-state index in [0.717, 1.165) is 24.3 Å². The molecule has 3 rings (SSSR count). The first-order valence-electron chi connectivity index (χ1n) is 8.83. The van der Waals surface area contributed by atoms with Crippen molar-refractivity contribution in [2.75, 3.05) is 10.6 Å². The molecule has 0 fully saturated rings. The van der Waals surface area contributed by atoms with Crippen LogP contribution in [0, 0.1) is 11.6 Å². The monoisotopic (exact) mass is 424 g/mol. The minimum atomic E-state index is -4.84. The molecule has 5 nitrogen and oxygen atoms in total. The van der Waals surface area contributed by atoms with Crippen LogP contribution in [0.25, 0.3) is 11.3 Å².